The van der Waals surface area contributed by atoms with Gasteiger partial charge in [-0.1, -0.05) is 27.7 Å². The zero-order valence-electron chi connectivity index (χ0n) is 11.8. The first-order valence-electron chi connectivity index (χ1n) is 6.74. The molecule has 100 valence electrons. The zero-order valence-corrected chi connectivity index (χ0v) is 11.8. The highest BCUT2D eigenvalue weighted by atomic mass is 16.1. The minimum atomic E-state index is 0.161. The summed E-state index contributed by atoms with van der Waals surface area (Å²) in [5, 5.41) is 3.17. The summed E-state index contributed by atoms with van der Waals surface area (Å²) in [6.45, 7) is 9.79. The minimum absolute atomic E-state index is 0.161. The summed E-state index contributed by atoms with van der Waals surface area (Å²) in [6, 6.07) is 0.332. The number of nitrogens with two attached hydrogens (primary N) is 1. The maximum atomic E-state index is 11.7. The molecule has 1 saturated carbocycles. The second-order valence-electron chi connectivity index (χ2n) is 7.07. The van der Waals surface area contributed by atoms with Gasteiger partial charge in [0.2, 0.25) is 5.91 Å². The Kier molecular flexibility index (Phi) is 4.59. The van der Waals surface area contributed by atoms with Crippen LogP contribution in [0.2, 0.25) is 0 Å². The minimum Gasteiger partial charge on any atom is -0.353 e. The first-order valence-corrected chi connectivity index (χ1v) is 6.74. The lowest BCUT2D eigenvalue weighted by atomic mass is 9.63. The highest BCUT2D eigenvalue weighted by Gasteiger charge is 2.38. The van der Waals surface area contributed by atoms with Crippen molar-refractivity contribution in [3.05, 3.63) is 0 Å². The summed E-state index contributed by atoms with van der Waals surface area (Å²) in [5.41, 5.74) is 6.07. The first kappa shape index (κ1) is 14.5. The second-order valence-corrected chi connectivity index (χ2v) is 7.07. The molecule has 3 heteroatoms. The summed E-state index contributed by atoms with van der Waals surface area (Å²) in [5.74, 6) is 0.161. The third kappa shape index (κ3) is 5.07. The van der Waals surface area contributed by atoms with Gasteiger partial charge in [-0.2, -0.15) is 0 Å². The van der Waals surface area contributed by atoms with Crippen LogP contribution in [0.25, 0.3) is 0 Å². The molecule has 1 fully saturated rings. The maximum Gasteiger partial charge on any atom is 0.220 e. The van der Waals surface area contributed by atoms with Crippen molar-refractivity contribution in [1.82, 2.24) is 5.32 Å². The molecule has 1 amide bonds. The molecule has 3 N–H and O–H groups in total. The van der Waals surface area contributed by atoms with Gasteiger partial charge in [-0.15, -0.1) is 0 Å². The predicted octanol–water partition coefficient (Wildman–Crippen LogP) is 2.45. The van der Waals surface area contributed by atoms with Crippen LogP contribution in [0.4, 0.5) is 0 Å². The van der Waals surface area contributed by atoms with Gasteiger partial charge in [0.15, 0.2) is 0 Å². The van der Waals surface area contributed by atoms with Crippen LogP contribution >= 0.6 is 0 Å². The first-order chi connectivity index (χ1) is 7.74. The highest BCUT2D eigenvalue weighted by molar-refractivity contribution is 5.76. The van der Waals surface area contributed by atoms with Crippen LogP contribution < -0.4 is 11.1 Å². The molecule has 0 aromatic heterocycles. The molecule has 1 aliphatic rings. The summed E-state index contributed by atoms with van der Waals surface area (Å²) in [7, 11) is 0. The normalized spacial score (nSPS) is 23.4. The Hall–Kier alpha value is -0.570. The summed E-state index contributed by atoms with van der Waals surface area (Å²) < 4.78 is 0. The summed E-state index contributed by atoms with van der Waals surface area (Å²) >= 11 is 0. The molecule has 0 aromatic carbocycles. The second kappa shape index (κ2) is 5.38. The molecule has 1 rings (SSSR count). The van der Waals surface area contributed by atoms with Crippen molar-refractivity contribution in [2.24, 2.45) is 16.6 Å². The number of rotatable bonds is 4. The number of amides is 1. The Labute approximate surface area is 106 Å². The van der Waals surface area contributed by atoms with E-state index in [1.807, 2.05) is 0 Å². The lowest BCUT2D eigenvalue weighted by Gasteiger charge is -2.45. The van der Waals surface area contributed by atoms with E-state index >= 15 is 0 Å². The highest BCUT2D eigenvalue weighted by Crippen LogP contribution is 2.45. The Morgan fingerprint density at radius 1 is 1.24 bits per heavy atom. The van der Waals surface area contributed by atoms with E-state index in [-0.39, 0.29) is 5.91 Å². The molecule has 1 aliphatic carbocycles. The van der Waals surface area contributed by atoms with Crippen LogP contribution in [0.5, 0.6) is 0 Å². The number of nitrogens with one attached hydrogen (secondary N) is 1. The molecule has 17 heavy (non-hydrogen) atoms. The Morgan fingerprint density at radius 2 is 1.76 bits per heavy atom. The van der Waals surface area contributed by atoms with Gasteiger partial charge < -0.3 is 11.1 Å². The molecule has 0 bridgehead atoms. The van der Waals surface area contributed by atoms with E-state index in [0.717, 1.165) is 19.3 Å². The fraction of sp³-hybridized carbons (Fsp3) is 0.929. The van der Waals surface area contributed by atoms with E-state index in [1.54, 1.807) is 0 Å². The van der Waals surface area contributed by atoms with Gasteiger partial charge in [0.1, 0.15) is 0 Å². The third-order valence-corrected chi connectivity index (χ3v) is 3.53. The number of hydrogen-bond donors (Lipinski definition) is 2. The van der Waals surface area contributed by atoms with Crippen molar-refractivity contribution in [1.29, 1.82) is 0 Å². The Balaban J connectivity index is 2.51. The topological polar surface area (TPSA) is 55.1 Å². The average Bonchev–Trinajstić information content (AvgIpc) is 2.09. The summed E-state index contributed by atoms with van der Waals surface area (Å²) in [4.78, 5) is 11.7. The van der Waals surface area contributed by atoms with Crippen LogP contribution in [0, 0.1) is 10.8 Å². The molecule has 0 aromatic rings. The van der Waals surface area contributed by atoms with Crippen molar-refractivity contribution in [2.75, 3.05) is 6.54 Å². The smallest absolute Gasteiger partial charge is 0.220 e. The van der Waals surface area contributed by atoms with Crippen LogP contribution in [0.3, 0.4) is 0 Å². The Morgan fingerprint density at radius 3 is 2.24 bits per heavy atom. The number of carbonyl (C=O) groups excluding carboxylic acids is 1. The number of carbonyl (C=O) groups is 1. The summed E-state index contributed by atoms with van der Waals surface area (Å²) in [6.07, 6.45) is 4.75. The largest absolute Gasteiger partial charge is 0.353 e. The molecule has 0 aliphatic heterocycles. The fourth-order valence-corrected chi connectivity index (χ4v) is 3.51. The van der Waals surface area contributed by atoms with Gasteiger partial charge in [-0.25, -0.2) is 0 Å². The lowest BCUT2D eigenvalue weighted by Crippen LogP contribution is -2.46. The van der Waals surface area contributed by atoms with Crippen LogP contribution in [0.15, 0.2) is 0 Å². The molecule has 0 radical (unpaired) electrons. The average molecular weight is 240 g/mol. The predicted molar refractivity (Wildman–Crippen MR) is 71.6 cm³/mol. The van der Waals surface area contributed by atoms with Crippen molar-refractivity contribution in [2.45, 2.75) is 65.8 Å². The van der Waals surface area contributed by atoms with E-state index in [1.165, 1.54) is 6.42 Å². The van der Waals surface area contributed by atoms with Crippen LogP contribution in [-0.2, 0) is 4.79 Å². The molecule has 0 heterocycles. The molecular weight excluding hydrogens is 212 g/mol. The van der Waals surface area contributed by atoms with Gasteiger partial charge in [-0.05, 0) is 43.1 Å². The zero-order chi connectivity index (χ0) is 13.1. The molecular formula is C14H28N2O. The van der Waals surface area contributed by atoms with Crippen molar-refractivity contribution in [3.8, 4) is 0 Å². The van der Waals surface area contributed by atoms with Crippen LogP contribution in [0.1, 0.15) is 59.8 Å². The van der Waals surface area contributed by atoms with Gasteiger partial charge in [0, 0.05) is 12.5 Å². The van der Waals surface area contributed by atoms with Gasteiger partial charge >= 0.3 is 0 Å². The monoisotopic (exact) mass is 240 g/mol. The fourth-order valence-electron chi connectivity index (χ4n) is 3.51. The van der Waals surface area contributed by atoms with E-state index < -0.39 is 0 Å². The van der Waals surface area contributed by atoms with Gasteiger partial charge in [-0.3, -0.25) is 4.79 Å². The van der Waals surface area contributed by atoms with Gasteiger partial charge in [0.25, 0.3) is 0 Å². The van der Waals surface area contributed by atoms with Crippen LogP contribution in [-0.4, -0.2) is 18.5 Å². The number of hydrogen-bond acceptors (Lipinski definition) is 2. The molecule has 0 atom stereocenters. The van der Waals surface area contributed by atoms with Crippen molar-refractivity contribution >= 4 is 5.91 Å². The third-order valence-electron chi connectivity index (χ3n) is 3.53. The van der Waals surface area contributed by atoms with E-state index in [9.17, 15) is 4.79 Å². The van der Waals surface area contributed by atoms with Crippen molar-refractivity contribution in [3.63, 3.8) is 0 Å². The molecule has 0 spiro atoms. The quantitative estimate of drug-likeness (QED) is 0.793. The molecule has 0 saturated heterocycles. The molecule has 0 unspecified atom stereocenters. The SMILES string of the molecule is CC1(C)CC(NC(=O)CCCN)CC(C)(C)C1. The van der Waals surface area contributed by atoms with E-state index in [4.69, 9.17) is 5.73 Å². The van der Waals surface area contributed by atoms with Crippen molar-refractivity contribution < 1.29 is 4.79 Å². The standard InChI is InChI=1S/C14H28N2O/c1-13(2)8-11(9-14(3,4)10-13)16-12(17)6-5-7-15/h11H,5-10,15H2,1-4H3,(H,16,17). The molecule has 3 nitrogen and oxygen atoms in total. The van der Waals surface area contributed by atoms with E-state index in [2.05, 4.69) is 33.0 Å². The van der Waals surface area contributed by atoms with E-state index in [0.29, 0.717) is 29.8 Å². The van der Waals surface area contributed by atoms with Gasteiger partial charge in [0.05, 0.1) is 0 Å². The maximum absolute atomic E-state index is 11.7. The Bertz CT molecular complexity index is 255. The lowest BCUT2D eigenvalue weighted by molar-refractivity contribution is -0.122.